The third-order valence-electron chi connectivity index (χ3n) is 2.55. The molecule has 2 N–H and O–H groups in total. The summed E-state index contributed by atoms with van der Waals surface area (Å²) in [6.45, 7) is 0.830. The molecule has 0 fully saturated rings. The van der Waals surface area contributed by atoms with E-state index in [2.05, 4.69) is 20.5 Å². The average Bonchev–Trinajstić information content (AvgIpc) is 2.56. The van der Waals surface area contributed by atoms with Crippen LogP contribution in [0.3, 0.4) is 0 Å². The first-order valence-electron chi connectivity index (χ1n) is 6.86. The molecule has 0 atom stereocenters. The number of carbonyl (C=O) groups excluding carboxylic acids is 1. The van der Waals surface area contributed by atoms with Gasteiger partial charge in [0.1, 0.15) is 12.4 Å². The highest BCUT2D eigenvalue weighted by Gasteiger charge is 2.03. The van der Waals surface area contributed by atoms with Crippen LogP contribution in [0, 0.1) is 0 Å². The first kappa shape index (κ1) is 18.1. The predicted octanol–water partition coefficient (Wildman–Crippen LogP) is 2.46. The third kappa shape index (κ3) is 8.79. The second-order valence-electron chi connectivity index (χ2n) is 4.24. The van der Waals surface area contributed by atoms with Crippen molar-refractivity contribution in [2.75, 3.05) is 19.8 Å². The Kier molecular flexibility index (Phi) is 9.13. The molecular weight excluding hydrogens is 304 g/mol. The van der Waals surface area contributed by atoms with Crippen molar-refractivity contribution in [2.45, 2.75) is 19.4 Å². The van der Waals surface area contributed by atoms with Crippen molar-refractivity contribution in [3.05, 3.63) is 40.3 Å². The van der Waals surface area contributed by atoms with Crippen molar-refractivity contribution in [1.29, 1.82) is 0 Å². The molecule has 1 rings (SSSR count). The standard InChI is InChI=1S/C13H18N6O4/c14-17-16-6-8-22-13(20)5-2-7-21-12-4-1-3-11(9-12)10-23-19-18-15/h1,3-4,9H,2,5-8,10H2,(H2,15,19). The fraction of sp³-hybridized carbons (Fsp3) is 0.462. The molecule has 10 heteroatoms. The number of hydrogen-bond acceptors (Lipinski definition) is 7. The second-order valence-corrected chi connectivity index (χ2v) is 4.24. The number of azide groups is 1. The summed E-state index contributed by atoms with van der Waals surface area (Å²) in [6, 6.07) is 7.26. The Morgan fingerprint density at radius 3 is 3.00 bits per heavy atom. The number of carbonyl (C=O) groups is 1. The lowest BCUT2D eigenvalue weighted by molar-refractivity contribution is -0.143. The SMILES string of the molecule is [N-]=[N+]=NCCOC(=O)CCCOc1cccc(CON=NN)c1. The molecule has 0 aliphatic carbocycles. The van der Waals surface area contributed by atoms with E-state index >= 15 is 0 Å². The van der Waals surface area contributed by atoms with Crippen LogP contribution in [0.15, 0.2) is 39.9 Å². The molecule has 1 aromatic rings. The minimum atomic E-state index is -0.351. The maximum Gasteiger partial charge on any atom is 0.305 e. The molecule has 0 aromatic heterocycles. The zero-order chi connectivity index (χ0) is 16.8. The summed E-state index contributed by atoms with van der Waals surface area (Å²) in [5.41, 5.74) is 8.93. The Labute approximate surface area is 132 Å². The highest BCUT2D eigenvalue weighted by molar-refractivity contribution is 5.69. The van der Waals surface area contributed by atoms with Crippen LogP contribution in [-0.4, -0.2) is 25.7 Å². The lowest BCUT2D eigenvalue weighted by Crippen LogP contribution is -2.09. The Hall–Kier alpha value is -3.00. The van der Waals surface area contributed by atoms with Gasteiger partial charge >= 0.3 is 5.97 Å². The quantitative estimate of drug-likeness (QED) is 0.126. The molecule has 1 aromatic carbocycles. The van der Waals surface area contributed by atoms with Gasteiger partial charge in [0.2, 0.25) is 0 Å². The van der Waals surface area contributed by atoms with Crippen LogP contribution in [0.1, 0.15) is 18.4 Å². The van der Waals surface area contributed by atoms with Gasteiger partial charge in [-0.3, -0.25) is 4.79 Å². The lowest BCUT2D eigenvalue weighted by Gasteiger charge is -2.07. The normalized spacial score (nSPS) is 10.1. The van der Waals surface area contributed by atoms with E-state index in [0.29, 0.717) is 18.8 Å². The Bertz CT molecular complexity index is 559. The minimum absolute atomic E-state index is 0.0892. The van der Waals surface area contributed by atoms with Gasteiger partial charge in [-0.2, -0.15) is 0 Å². The number of nitrogens with zero attached hydrogens (tertiary/aromatic N) is 5. The molecule has 0 saturated carbocycles. The first-order chi connectivity index (χ1) is 11.3. The molecule has 0 aliphatic heterocycles. The molecule has 0 unspecified atom stereocenters. The van der Waals surface area contributed by atoms with Crippen LogP contribution >= 0.6 is 0 Å². The number of ether oxygens (including phenoxy) is 2. The van der Waals surface area contributed by atoms with Gasteiger partial charge in [0.05, 0.1) is 19.8 Å². The van der Waals surface area contributed by atoms with Crippen molar-refractivity contribution in [3.63, 3.8) is 0 Å². The number of nitrogens with two attached hydrogens (primary N) is 1. The summed E-state index contributed by atoms with van der Waals surface area (Å²) in [4.78, 5) is 18.7. The van der Waals surface area contributed by atoms with E-state index in [1.54, 1.807) is 12.1 Å². The maximum absolute atomic E-state index is 11.4. The summed E-state index contributed by atoms with van der Waals surface area (Å²) in [6.07, 6.45) is 0.748. The third-order valence-corrected chi connectivity index (χ3v) is 2.55. The zero-order valence-corrected chi connectivity index (χ0v) is 12.5. The molecule has 0 amide bonds. The van der Waals surface area contributed by atoms with Crippen molar-refractivity contribution < 1.29 is 19.1 Å². The zero-order valence-electron chi connectivity index (χ0n) is 12.5. The highest BCUT2D eigenvalue weighted by Crippen LogP contribution is 2.14. The van der Waals surface area contributed by atoms with Crippen LogP contribution in [0.25, 0.3) is 10.4 Å². The van der Waals surface area contributed by atoms with E-state index < -0.39 is 0 Å². The predicted molar refractivity (Wildman–Crippen MR) is 80.0 cm³/mol. The van der Waals surface area contributed by atoms with Gasteiger partial charge in [-0.05, 0) is 34.9 Å². The molecule has 0 radical (unpaired) electrons. The van der Waals surface area contributed by atoms with Crippen LogP contribution < -0.4 is 10.6 Å². The van der Waals surface area contributed by atoms with Gasteiger partial charge in [-0.15, -0.1) is 0 Å². The van der Waals surface area contributed by atoms with Crippen LogP contribution in [0.2, 0.25) is 0 Å². The summed E-state index contributed by atoms with van der Waals surface area (Å²) >= 11 is 0. The van der Waals surface area contributed by atoms with E-state index in [-0.39, 0.29) is 32.1 Å². The Balaban J connectivity index is 2.21. The summed E-state index contributed by atoms with van der Waals surface area (Å²) in [5, 5.41) is 9.46. The van der Waals surface area contributed by atoms with E-state index in [0.717, 1.165) is 5.56 Å². The molecule has 124 valence electrons. The molecule has 0 saturated heterocycles. The largest absolute Gasteiger partial charge is 0.494 e. The van der Waals surface area contributed by atoms with Gasteiger partial charge in [0.25, 0.3) is 0 Å². The summed E-state index contributed by atoms with van der Waals surface area (Å²) in [5.74, 6) is 5.13. The van der Waals surface area contributed by atoms with Crippen molar-refractivity contribution in [1.82, 2.24) is 0 Å². The second kappa shape index (κ2) is 11.6. The average molecular weight is 322 g/mol. The number of benzene rings is 1. The molecule has 0 heterocycles. The minimum Gasteiger partial charge on any atom is -0.494 e. The molecule has 10 nitrogen and oxygen atoms in total. The van der Waals surface area contributed by atoms with Gasteiger partial charge in [0, 0.05) is 16.6 Å². The first-order valence-corrected chi connectivity index (χ1v) is 6.86. The fourth-order valence-corrected chi connectivity index (χ4v) is 1.59. The summed E-state index contributed by atoms with van der Waals surface area (Å²) < 4.78 is 10.4. The van der Waals surface area contributed by atoms with E-state index in [1.165, 1.54) is 0 Å². The number of rotatable bonds is 11. The smallest absolute Gasteiger partial charge is 0.305 e. The van der Waals surface area contributed by atoms with Gasteiger partial charge in [0.15, 0.2) is 0 Å². The lowest BCUT2D eigenvalue weighted by atomic mass is 10.2. The van der Waals surface area contributed by atoms with Gasteiger partial charge in [-0.25, -0.2) is 0 Å². The van der Waals surface area contributed by atoms with E-state index in [1.807, 2.05) is 12.1 Å². The van der Waals surface area contributed by atoms with Gasteiger partial charge < -0.3 is 20.2 Å². The molecule has 0 spiro atoms. The van der Waals surface area contributed by atoms with Crippen LogP contribution in [0.5, 0.6) is 5.75 Å². The molecule has 0 bridgehead atoms. The van der Waals surface area contributed by atoms with Crippen LogP contribution in [-0.2, 0) is 21.0 Å². The number of esters is 1. The van der Waals surface area contributed by atoms with Gasteiger partial charge in [-0.1, -0.05) is 17.2 Å². The molecular formula is C13H18N6O4. The Morgan fingerprint density at radius 2 is 2.22 bits per heavy atom. The van der Waals surface area contributed by atoms with Crippen LogP contribution in [0.4, 0.5) is 0 Å². The maximum atomic E-state index is 11.4. The topological polar surface area (TPSA) is 144 Å². The fourth-order valence-electron chi connectivity index (χ4n) is 1.59. The van der Waals surface area contributed by atoms with Crippen molar-refractivity contribution >= 4 is 5.97 Å². The molecule has 23 heavy (non-hydrogen) atoms. The highest BCUT2D eigenvalue weighted by atomic mass is 16.6. The van der Waals surface area contributed by atoms with Crippen molar-refractivity contribution in [3.8, 4) is 5.75 Å². The monoisotopic (exact) mass is 322 g/mol. The van der Waals surface area contributed by atoms with E-state index in [4.69, 9.17) is 25.7 Å². The number of hydrogen-bond donors (Lipinski definition) is 1. The van der Waals surface area contributed by atoms with E-state index in [9.17, 15) is 4.79 Å². The summed E-state index contributed by atoms with van der Waals surface area (Å²) in [7, 11) is 0. The molecule has 0 aliphatic rings. The van der Waals surface area contributed by atoms with Crippen molar-refractivity contribution in [2.24, 2.45) is 21.5 Å². The Morgan fingerprint density at radius 1 is 1.35 bits per heavy atom.